The number of ether oxygens (including phenoxy) is 1. The number of aryl methyl sites for hydroxylation is 2. The Balaban J connectivity index is 2.30. The van der Waals surface area contributed by atoms with Crippen molar-refractivity contribution in [1.82, 2.24) is 15.3 Å². The Bertz CT molecular complexity index is 795. The third-order valence-corrected chi connectivity index (χ3v) is 3.38. The maximum Gasteiger partial charge on any atom is 0.330 e. The first-order valence-electron chi connectivity index (χ1n) is 7.00. The summed E-state index contributed by atoms with van der Waals surface area (Å²) in [5, 5.41) is 11.7. The van der Waals surface area contributed by atoms with E-state index >= 15 is 0 Å². The van der Waals surface area contributed by atoms with E-state index in [1.54, 1.807) is 13.8 Å². The number of nitrogens with one attached hydrogen (secondary N) is 1. The summed E-state index contributed by atoms with van der Waals surface area (Å²) in [6.07, 6.45) is 1.32. The van der Waals surface area contributed by atoms with Gasteiger partial charge in [0.1, 0.15) is 5.82 Å². The molecule has 0 radical (unpaired) electrons. The van der Waals surface area contributed by atoms with Crippen molar-refractivity contribution in [3.8, 4) is 5.75 Å². The van der Waals surface area contributed by atoms with E-state index in [0.29, 0.717) is 11.5 Å². The normalized spacial score (nSPS) is 11.7. The van der Waals surface area contributed by atoms with Crippen LogP contribution in [0.3, 0.4) is 0 Å². The van der Waals surface area contributed by atoms with Crippen LogP contribution in [-0.4, -0.2) is 34.1 Å². The minimum Gasteiger partial charge on any atom is -0.494 e. The maximum atomic E-state index is 13.8. The van der Waals surface area contributed by atoms with Crippen LogP contribution in [0.2, 0.25) is 0 Å². The van der Waals surface area contributed by atoms with Crippen molar-refractivity contribution in [2.24, 2.45) is 0 Å². The van der Waals surface area contributed by atoms with Crippen molar-refractivity contribution in [2.75, 3.05) is 7.11 Å². The predicted molar refractivity (Wildman–Crippen MR) is 82.3 cm³/mol. The number of amides is 1. The van der Waals surface area contributed by atoms with Gasteiger partial charge in [0.2, 0.25) is 0 Å². The predicted octanol–water partition coefficient (Wildman–Crippen LogP) is 1.80. The highest BCUT2D eigenvalue weighted by molar-refractivity contribution is 5.97. The lowest BCUT2D eigenvalue weighted by molar-refractivity contribution is -0.139. The summed E-state index contributed by atoms with van der Waals surface area (Å²) in [7, 11) is 1.30. The van der Waals surface area contributed by atoms with Gasteiger partial charge in [-0.1, -0.05) is 6.07 Å². The fourth-order valence-corrected chi connectivity index (χ4v) is 2.16. The fourth-order valence-electron chi connectivity index (χ4n) is 2.16. The summed E-state index contributed by atoms with van der Waals surface area (Å²) in [5.41, 5.74) is 0.658. The van der Waals surface area contributed by atoms with Gasteiger partial charge in [-0.2, -0.15) is 0 Å². The molecule has 0 aliphatic carbocycles. The lowest BCUT2D eigenvalue weighted by atomic mass is 10.1. The van der Waals surface area contributed by atoms with Gasteiger partial charge < -0.3 is 15.2 Å². The zero-order chi connectivity index (χ0) is 17.9. The molecule has 24 heavy (non-hydrogen) atoms. The molecule has 0 saturated heterocycles. The van der Waals surface area contributed by atoms with E-state index in [-0.39, 0.29) is 16.9 Å². The summed E-state index contributed by atoms with van der Waals surface area (Å²) >= 11 is 0. The van der Waals surface area contributed by atoms with E-state index in [2.05, 4.69) is 15.3 Å². The van der Waals surface area contributed by atoms with Crippen LogP contribution in [0.15, 0.2) is 24.4 Å². The molecule has 0 unspecified atom stereocenters. The lowest BCUT2D eigenvalue weighted by Gasteiger charge is -2.16. The number of carboxylic acids is 1. The number of nitrogens with zero attached hydrogens (tertiary/aromatic N) is 2. The first-order valence-corrected chi connectivity index (χ1v) is 7.00. The Morgan fingerprint density at radius 2 is 2.04 bits per heavy atom. The number of aliphatic carboxylic acids is 1. The number of halogens is 1. The van der Waals surface area contributed by atoms with Gasteiger partial charge in [0.25, 0.3) is 5.91 Å². The van der Waals surface area contributed by atoms with Gasteiger partial charge in [0, 0.05) is 6.20 Å². The van der Waals surface area contributed by atoms with Gasteiger partial charge >= 0.3 is 5.97 Å². The molecule has 126 valence electrons. The summed E-state index contributed by atoms with van der Waals surface area (Å²) < 4.78 is 18.6. The van der Waals surface area contributed by atoms with Gasteiger partial charge in [0.05, 0.1) is 18.4 Å². The molecule has 7 nitrogen and oxygen atoms in total. The molecule has 2 rings (SSSR count). The van der Waals surface area contributed by atoms with Gasteiger partial charge in [-0.15, -0.1) is 0 Å². The SMILES string of the molecule is COc1ccc([C@H](NC(=O)c2cnc(C)nc2C)C(=O)O)cc1F. The molecular formula is C16H16FN3O4. The third kappa shape index (κ3) is 3.65. The molecule has 0 spiro atoms. The molecule has 1 amide bonds. The topological polar surface area (TPSA) is 101 Å². The standard InChI is InChI=1S/C16H16FN3O4/c1-8-11(7-18-9(2)19-8)15(21)20-14(16(22)23)10-4-5-13(24-3)12(17)6-10/h4-7,14H,1-3H3,(H,20,21)(H,22,23)/t14-/m0/s1. The zero-order valence-corrected chi connectivity index (χ0v) is 13.3. The van der Waals surface area contributed by atoms with Crippen molar-refractivity contribution in [2.45, 2.75) is 19.9 Å². The highest BCUT2D eigenvalue weighted by atomic mass is 19.1. The minimum atomic E-state index is -1.42. The number of benzene rings is 1. The molecular weight excluding hydrogens is 317 g/mol. The second-order valence-corrected chi connectivity index (χ2v) is 5.05. The number of methoxy groups -OCH3 is 1. The van der Waals surface area contributed by atoms with Crippen molar-refractivity contribution >= 4 is 11.9 Å². The molecule has 1 aromatic carbocycles. The van der Waals surface area contributed by atoms with Crippen molar-refractivity contribution < 1.29 is 23.8 Å². The van der Waals surface area contributed by atoms with Gasteiger partial charge in [-0.3, -0.25) is 4.79 Å². The second-order valence-electron chi connectivity index (χ2n) is 5.05. The molecule has 0 saturated carbocycles. The molecule has 1 aromatic heterocycles. The number of rotatable bonds is 5. The van der Waals surface area contributed by atoms with Crippen LogP contribution >= 0.6 is 0 Å². The van der Waals surface area contributed by atoms with E-state index in [0.717, 1.165) is 6.07 Å². The fraction of sp³-hybridized carbons (Fsp3) is 0.250. The van der Waals surface area contributed by atoms with E-state index in [4.69, 9.17) is 4.74 Å². The third-order valence-electron chi connectivity index (χ3n) is 3.38. The van der Waals surface area contributed by atoms with Crippen LogP contribution in [0, 0.1) is 19.7 Å². The Labute approximate surface area is 137 Å². The van der Waals surface area contributed by atoms with Crippen molar-refractivity contribution in [1.29, 1.82) is 0 Å². The maximum absolute atomic E-state index is 13.8. The van der Waals surface area contributed by atoms with Crippen LogP contribution in [0.25, 0.3) is 0 Å². The van der Waals surface area contributed by atoms with Crippen molar-refractivity contribution in [3.63, 3.8) is 0 Å². The summed E-state index contributed by atoms with van der Waals surface area (Å²) in [5.74, 6) is -2.21. The van der Waals surface area contributed by atoms with Crippen LogP contribution in [0.1, 0.15) is 33.5 Å². The largest absolute Gasteiger partial charge is 0.494 e. The lowest BCUT2D eigenvalue weighted by Crippen LogP contribution is -2.34. The Hall–Kier alpha value is -3.03. The highest BCUT2D eigenvalue weighted by Crippen LogP contribution is 2.22. The van der Waals surface area contributed by atoms with Crippen molar-refractivity contribution in [3.05, 3.63) is 52.9 Å². The Kier molecular flexibility index (Phi) is 5.08. The van der Waals surface area contributed by atoms with Crippen LogP contribution in [0.4, 0.5) is 4.39 Å². The summed E-state index contributed by atoms with van der Waals surface area (Å²) in [6.45, 7) is 3.29. The highest BCUT2D eigenvalue weighted by Gasteiger charge is 2.25. The first-order chi connectivity index (χ1) is 11.3. The second kappa shape index (κ2) is 7.03. The quantitative estimate of drug-likeness (QED) is 0.865. The van der Waals surface area contributed by atoms with Gasteiger partial charge in [0.15, 0.2) is 17.6 Å². The molecule has 0 fully saturated rings. The number of carbonyl (C=O) groups is 2. The molecule has 0 aliphatic heterocycles. The molecule has 2 aromatic rings. The zero-order valence-electron chi connectivity index (χ0n) is 13.3. The molecule has 1 heterocycles. The molecule has 8 heteroatoms. The summed E-state index contributed by atoms with van der Waals surface area (Å²) in [6, 6.07) is 2.27. The monoisotopic (exact) mass is 333 g/mol. The van der Waals surface area contributed by atoms with Crippen LogP contribution < -0.4 is 10.1 Å². The number of hydrogen-bond donors (Lipinski definition) is 2. The molecule has 1 atom stereocenters. The molecule has 2 N–H and O–H groups in total. The van der Waals surface area contributed by atoms with E-state index in [1.165, 1.54) is 25.4 Å². The van der Waals surface area contributed by atoms with Crippen LogP contribution in [-0.2, 0) is 4.79 Å². The average Bonchev–Trinajstić information content (AvgIpc) is 2.52. The van der Waals surface area contributed by atoms with Crippen LogP contribution in [0.5, 0.6) is 5.75 Å². The number of carbonyl (C=O) groups excluding carboxylic acids is 1. The smallest absolute Gasteiger partial charge is 0.330 e. The minimum absolute atomic E-state index is 0.0167. The average molecular weight is 333 g/mol. The first kappa shape index (κ1) is 17.3. The Morgan fingerprint density at radius 1 is 1.33 bits per heavy atom. The molecule has 0 aliphatic rings. The molecule has 0 bridgehead atoms. The summed E-state index contributed by atoms with van der Waals surface area (Å²) in [4.78, 5) is 31.8. The van der Waals surface area contributed by atoms with E-state index < -0.39 is 23.7 Å². The van der Waals surface area contributed by atoms with E-state index in [1.807, 2.05) is 0 Å². The number of hydrogen-bond acceptors (Lipinski definition) is 5. The number of carboxylic acid groups (broad SMARTS) is 1. The Morgan fingerprint density at radius 3 is 2.58 bits per heavy atom. The van der Waals surface area contributed by atoms with E-state index in [9.17, 15) is 19.1 Å². The number of aromatic nitrogens is 2. The van der Waals surface area contributed by atoms with Gasteiger partial charge in [-0.25, -0.2) is 19.2 Å². The van der Waals surface area contributed by atoms with Gasteiger partial charge in [-0.05, 0) is 31.5 Å².